The number of anilines is 2. The molecule has 0 unspecified atom stereocenters. The molecule has 0 saturated carbocycles. The van der Waals surface area contributed by atoms with Crippen LogP contribution in [0.3, 0.4) is 0 Å². The van der Waals surface area contributed by atoms with E-state index in [9.17, 15) is 18.8 Å². The van der Waals surface area contributed by atoms with Crippen LogP contribution in [0.4, 0.5) is 20.6 Å². The Bertz CT molecular complexity index is 981. The molecule has 0 bridgehead atoms. The number of benzene rings is 1. The fraction of sp³-hybridized carbons (Fsp3) is 0.300. The van der Waals surface area contributed by atoms with Crippen molar-refractivity contribution in [3.8, 4) is 0 Å². The SMILES string of the molecule is C.CC(=O)NC[C@H]1CN(c2ccc(N3Cc4cccnc4C3=O)c(F)c2)C(=O)O1. The van der Waals surface area contributed by atoms with E-state index in [1.807, 2.05) is 0 Å². The standard InChI is InChI=1S/C19H17FN4O4.CH4/c1-11(25)22-8-14-10-23(19(27)28-14)13-4-5-16(15(20)7-13)24-9-12-3-2-6-21-17(12)18(24)26;/h2-7,14H,8-10H2,1H3,(H,22,25);1H4/t14-;/m0./s1. The van der Waals surface area contributed by atoms with Crippen molar-refractivity contribution in [1.82, 2.24) is 10.3 Å². The molecule has 3 amide bonds. The van der Waals surface area contributed by atoms with E-state index in [4.69, 9.17) is 4.74 Å². The van der Waals surface area contributed by atoms with Crippen molar-refractivity contribution < 1.29 is 23.5 Å². The van der Waals surface area contributed by atoms with Gasteiger partial charge in [-0.25, -0.2) is 9.18 Å². The largest absolute Gasteiger partial charge is 0.442 e. The third-order valence-corrected chi connectivity index (χ3v) is 4.65. The minimum Gasteiger partial charge on any atom is -0.442 e. The molecule has 1 atom stereocenters. The molecule has 8 nitrogen and oxygen atoms in total. The second-order valence-electron chi connectivity index (χ2n) is 6.59. The van der Waals surface area contributed by atoms with Gasteiger partial charge in [-0.15, -0.1) is 0 Å². The number of aromatic nitrogens is 1. The Labute approximate surface area is 167 Å². The fourth-order valence-electron chi connectivity index (χ4n) is 3.30. The lowest BCUT2D eigenvalue weighted by molar-refractivity contribution is -0.119. The summed E-state index contributed by atoms with van der Waals surface area (Å²) < 4.78 is 20.0. The van der Waals surface area contributed by atoms with Crippen molar-refractivity contribution >= 4 is 29.3 Å². The van der Waals surface area contributed by atoms with Gasteiger partial charge in [0.15, 0.2) is 0 Å². The van der Waals surface area contributed by atoms with Gasteiger partial charge in [-0.05, 0) is 24.3 Å². The van der Waals surface area contributed by atoms with Gasteiger partial charge in [0.2, 0.25) is 5.91 Å². The molecule has 0 spiro atoms. The number of cyclic esters (lactones) is 1. The number of fused-ring (bicyclic) bond motifs is 1. The molecule has 2 aliphatic rings. The normalized spacial score (nSPS) is 17.7. The summed E-state index contributed by atoms with van der Waals surface area (Å²) in [6.07, 6.45) is 0.395. The second-order valence-corrected chi connectivity index (χ2v) is 6.59. The molecule has 9 heteroatoms. The van der Waals surface area contributed by atoms with E-state index < -0.39 is 18.0 Å². The van der Waals surface area contributed by atoms with Crippen molar-refractivity contribution in [1.29, 1.82) is 0 Å². The molecule has 0 aliphatic carbocycles. The Hall–Kier alpha value is -3.49. The number of nitrogens with zero attached hydrogens (tertiary/aromatic N) is 3. The first-order chi connectivity index (χ1) is 13.4. The highest BCUT2D eigenvalue weighted by Gasteiger charge is 2.34. The van der Waals surface area contributed by atoms with Gasteiger partial charge in [0.25, 0.3) is 5.91 Å². The summed E-state index contributed by atoms with van der Waals surface area (Å²) in [7, 11) is 0. The molecular formula is C20H21FN4O4. The van der Waals surface area contributed by atoms with E-state index >= 15 is 0 Å². The summed E-state index contributed by atoms with van der Waals surface area (Å²) in [5.41, 5.74) is 1.49. The first kappa shape index (κ1) is 20.2. The van der Waals surface area contributed by atoms with E-state index in [1.54, 1.807) is 18.2 Å². The number of hydrogen-bond acceptors (Lipinski definition) is 5. The van der Waals surface area contributed by atoms with E-state index in [-0.39, 0.29) is 44.6 Å². The van der Waals surface area contributed by atoms with Gasteiger partial charge in [-0.3, -0.25) is 24.4 Å². The lowest BCUT2D eigenvalue weighted by atomic mass is 10.2. The molecule has 1 N–H and O–H groups in total. The highest BCUT2D eigenvalue weighted by molar-refractivity contribution is 6.08. The zero-order valence-electron chi connectivity index (χ0n) is 15.0. The molecule has 2 aliphatic heterocycles. The average molecular weight is 400 g/mol. The summed E-state index contributed by atoms with van der Waals surface area (Å²) in [5, 5.41) is 2.58. The summed E-state index contributed by atoms with van der Waals surface area (Å²) in [6.45, 7) is 1.99. The molecule has 0 radical (unpaired) electrons. The van der Waals surface area contributed by atoms with E-state index in [0.717, 1.165) is 5.56 Å². The highest BCUT2D eigenvalue weighted by atomic mass is 19.1. The van der Waals surface area contributed by atoms with Crippen LogP contribution in [-0.4, -0.2) is 42.1 Å². The lowest BCUT2D eigenvalue weighted by Crippen LogP contribution is -2.33. The molecule has 1 aromatic heterocycles. The van der Waals surface area contributed by atoms with Crippen molar-refractivity contribution in [2.24, 2.45) is 0 Å². The number of rotatable bonds is 4. The van der Waals surface area contributed by atoms with E-state index in [0.29, 0.717) is 11.4 Å². The molecule has 4 rings (SSSR count). The molecular weight excluding hydrogens is 379 g/mol. The van der Waals surface area contributed by atoms with Crippen LogP contribution in [0, 0.1) is 5.82 Å². The van der Waals surface area contributed by atoms with Crippen molar-refractivity contribution in [2.75, 3.05) is 22.9 Å². The van der Waals surface area contributed by atoms with E-state index in [2.05, 4.69) is 10.3 Å². The maximum Gasteiger partial charge on any atom is 0.414 e. The van der Waals surface area contributed by atoms with Gasteiger partial charge in [0.05, 0.1) is 31.0 Å². The number of carbonyl (C=O) groups is 3. The average Bonchev–Trinajstić information content (AvgIpc) is 3.20. The number of amides is 3. The van der Waals surface area contributed by atoms with Crippen molar-refractivity contribution in [2.45, 2.75) is 27.0 Å². The third-order valence-electron chi connectivity index (χ3n) is 4.65. The zero-order valence-corrected chi connectivity index (χ0v) is 15.0. The lowest BCUT2D eigenvalue weighted by Gasteiger charge is -2.19. The van der Waals surface area contributed by atoms with Gasteiger partial charge in [0.1, 0.15) is 17.6 Å². The maximum atomic E-state index is 14.8. The molecule has 1 aromatic carbocycles. The van der Waals surface area contributed by atoms with Crippen LogP contribution in [0.15, 0.2) is 36.5 Å². The molecule has 1 fully saturated rings. The van der Waals surface area contributed by atoms with Crippen molar-refractivity contribution in [3.63, 3.8) is 0 Å². The summed E-state index contributed by atoms with van der Waals surface area (Å²) in [5.74, 6) is -1.22. The Morgan fingerprint density at radius 1 is 1.31 bits per heavy atom. The third kappa shape index (κ3) is 3.75. The van der Waals surface area contributed by atoms with Crippen LogP contribution >= 0.6 is 0 Å². The van der Waals surface area contributed by atoms with Gasteiger partial charge in [-0.2, -0.15) is 0 Å². The number of nitrogens with one attached hydrogen (secondary N) is 1. The predicted octanol–water partition coefficient (Wildman–Crippen LogP) is 2.48. The quantitative estimate of drug-likeness (QED) is 0.851. The first-order valence-electron chi connectivity index (χ1n) is 8.72. The maximum absolute atomic E-state index is 14.8. The fourth-order valence-corrected chi connectivity index (χ4v) is 3.30. The number of ether oxygens (including phenoxy) is 1. The summed E-state index contributed by atoms with van der Waals surface area (Å²) in [6, 6.07) is 7.72. The van der Waals surface area contributed by atoms with Crippen molar-refractivity contribution in [3.05, 3.63) is 53.6 Å². The van der Waals surface area contributed by atoms with Gasteiger partial charge < -0.3 is 10.1 Å². The molecule has 29 heavy (non-hydrogen) atoms. The Kier molecular flexibility index (Phi) is 5.49. The van der Waals surface area contributed by atoms with Crippen LogP contribution in [-0.2, 0) is 16.1 Å². The van der Waals surface area contributed by atoms with Crippen LogP contribution in [0.1, 0.15) is 30.4 Å². The van der Waals surface area contributed by atoms with Crippen LogP contribution in [0.25, 0.3) is 0 Å². The zero-order chi connectivity index (χ0) is 19.8. The van der Waals surface area contributed by atoms with Gasteiger partial charge in [-0.1, -0.05) is 13.5 Å². The molecule has 1 saturated heterocycles. The summed E-state index contributed by atoms with van der Waals surface area (Å²) >= 11 is 0. The number of halogens is 1. The van der Waals surface area contributed by atoms with Gasteiger partial charge >= 0.3 is 6.09 Å². The Morgan fingerprint density at radius 2 is 2.10 bits per heavy atom. The topological polar surface area (TPSA) is 91.8 Å². The minimum atomic E-state index is -0.628. The molecule has 2 aromatic rings. The monoisotopic (exact) mass is 400 g/mol. The van der Waals surface area contributed by atoms with Gasteiger partial charge in [0, 0.05) is 18.7 Å². The van der Waals surface area contributed by atoms with E-state index in [1.165, 1.54) is 35.1 Å². The highest BCUT2D eigenvalue weighted by Crippen LogP contribution is 2.32. The molecule has 3 heterocycles. The Morgan fingerprint density at radius 3 is 2.79 bits per heavy atom. The minimum absolute atomic E-state index is 0. The van der Waals surface area contributed by atoms with Crippen LogP contribution < -0.4 is 15.1 Å². The molecule has 152 valence electrons. The predicted molar refractivity (Wildman–Crippen MR) is 104 cm³/mol. The summed E-state index contributed by atoms with van der Waals surface area (Å²) in [4.78, 5) is 42.2. The number of pyridine rings is 1. The number of hydrogen-bond donors (Lipinski definition) is 1. The number of carbonyl (C=O) groups excluding carboxylic acids is 3. The first-order valence-corrected chi connectivity index (χ1v) is 8.72. The Balaban J connectivity index is 0.00000240. The second kappa shape index (κ2) is 7.86. The smallest absolute Gasteiger partial charge is 0.414 e. The van der Waals surface area contributed by atoms with Crippen LogP contribution in [0.2, 0.25) is 0 Å². The van der Waals surface area contributed by atoms with Crippen LogP contribution in [0.5, 0.6) is 0 Å².